The molecule has 0 unspecified atom stereocenters. The highest BCUT2D eigenvalue weighted by molar-refractivity contribution is 5.79. The number of anilines is 2. The lowest BCUT2D eigenvalue weighted by molar-refractivity contribution is -0.136. The molecule has 1 N–H and O–H groups in total. The molecule has 1 amide bonds. The highest BCUT2D eigenvalue weighted by Crippen LogP contribution is 2.23. The van der Waals surface area contributed by atoms with Gasteiger partial charge < -0.3 is 19.4 Å². The lowest BCUT2D eigenvalue weighted by Crippen LogP contribution is -2.51. The zero-order chi connectivity index (χ0) is 26.2. The van der Waals surface area contributed by atoms with E-state index in [4.69, 9.17) is 9.72 Å². The molecule has 0 radical (unpaired) electrons. The first-order valence-corrected chi connectivity index (χ1v) is 13.8. The standard InChI is InChI=1S/C28H42N6O3/c1-4-6-8-22(5-2)27(36)33-15-17-34(18-16-33)28-29-23(19-26(35)30-28)21-31-11-13-32(14-12-31)24-9-7-10-25(20-24)37-3/h7,9-10,19-20,22H,4-6,8,11-18,21H2,1-3H3,(H,29,30,35)/t22-/m0/s1. The van der Waals surface area contributed by atoms with Crippen molar-refractivity contribution in [3.05, 3.63) is 46.4 Å². The Kier molecular flexibility index (Phi) is 9.44. The maximum absolute atomic E-state index is 13.0. The summed E-state index contributed by atoms with van der Waals surface area (Å²) in [6.45, 7) is 11.3. The maximum atomic E-state index is 13.0. The van der Waals surface area contributed by atoms with Gasteiger partial charge in [-0.15, -0.1) is 0 Å². The zero-order valence-electron chi connectivity index (χ0n) is 22.6. The van der Waals surface area contributed by atoms with Crippen LogP contribution in [-0.4, -0.2) is 85.1 Å². The Morgan fingerprint density at radius 1 is 1.03 bits per heavy atom. The molecule has 2 aliphatic heterocycles. The summed E-state index contributed by atoms with van der Waals surface area (Å²) >= 11 is 0. The van der Waals surface area contributed by atoms with Gasteiger partial charge in [0.05, 0.1) is 12.8 Å². The van der Waals surface area contributed by atoms with Gasteiger partial charge in [-0.1, -0.05) is 32.8 Å². The molecule has 2 fully saturated rings. The second kappa shape index (κ2) is 12.9. The number of unbranched alkanes of at least 4 members (excludes halogenated alkanes) is 1. The molecule has 9 heteroatoms. The van der Waals surface area contributed by atoms with Gasteiger partial charge in [0.2, 0.25) is 11.9 Å². The van der Waals surface area contributed by atoms with E-state index in [2.05, 4.69) is 45.7 Å². The SMILES string of the molecule is CCCC[C@H](CC)C(=O)N1CCN(c2nc(CN3CCN(c4cccc(OC)c4)CC3)cc(=O)[nH]2)CC1. The van der Waals surface area contributed by atoms with Crippen molar-refractivity contribution >= 4 is 17.5 Å². The fourth-order valence-corrected chi connectivity index (χ4v) is 5.27. The fourth-order valence-electron chi connectivity index (χ4n) is 5.27. The number of carbonyl (C=O) groups is 1. The number of methoxy groups -OCH3 is 1. The molecule has 2 aliphatic rings. The molecule has 3 heterocycles. The molecule has 1 aromatic carbocycles. The van der Waals surface area contributed by atoms with Gasteiger partial charge in [0, 0.05) is 82.6 Å². The number of amides is 1. The van der Waals surface area contributed by atoms with Crippen LogP contribution in [0.5, 0.6) is 5.75 Å². The number of H-pyrrole nitrogens is 1. The second-order valence-corrected chi connectivity index (χ2v) is 10.1. The number of hydrogen-bond acceptors (Lipinski definition) is 7. The number of hydrogen-bond donors (Lipinski definition) is 1. The molecule has 4 rings (SSSR count). The van der Waals surface area contributed by atoms with Crippen LogP contribution in [0.25, 0.3) is 0 Å². The lowest BCUT2D eigenvalue weighted by Gasteiger charge is -2.37. The monoisotopic (exact) mass is 510 g/mol. The number of benzene rings is 1. The number of nitrogens with zero attached hydrogens (tertiary/aromatic N) is 5. The van der Waals surface area contributed by atoms with E-state index < -0.39 is 0 Å². The van der Waals surface area contributed by atoms with E-state index in [0.717, 1.165) is 63.3 Å². The van der Waals surface area contributed by atoms with Crippen LogP contribution in [0.2, 0.25) is 0 Å². The number of aromatic amines is 1. The van der Waals surface area contributed by atoms with E-state index in [1.807, 2.05) is 17.0 Å². The molecule has 9 nitrogen and oxygen atoms in total. The first-order valence-electron chi connectivity index (χ1n) is 13.8. The summed E-state index contributed by atoms with van der Waals surface area (Å²) in [5, 5.41) is 0. The molecule has 0 spiro atoms. The van der Waals surface area contributed by atoms with Gasteiger partial charge >= 0.3 is 0 Å². The van der Waals surface area contributed by atoms with Crippen molar-refractivity contribution in [3.8, 4) is 5.75 Å². The zero-order valence-corrected chi connectivity index (χ0v) is 22.6. The van der Waals surface area contributed by atoms with E-state index in [-0.39, 0.29) is 17.4 Å². The van der Waals surface area contributed by atoms with E-state index in [0.29, 0.717) is 38.7 Å². The highest BCUT2D eigenvalue weighted by atomic mass is 16.5. The maximum Gasteiger partial charge on any atom is 0.252 e. The van der Waals surface area contributed by atoms with Crippen molar-refractivity contribution in [3.63, 3.8) is 0 Å². The van der Waals surface area contributed by atoms with Crippen molar-refractivity contribution in [2.75, 3.05) is 69.3 Å². The molecule has 37 heavy (non-hydrogen) atoms. The first kappa shape index (κ1) is 27.0. The molecule has 0 bridgehead atoms. The van der Waals surface area contributed by atoms with Crippen LogP contribution in [0, 0.1) is 5.92 Å². The Morgan fingerprint density at radius 3 is 2.43 bits per heavy atom. The van der Waals surface area contributed by atoms with Gasteiger partial charge in [-0.3, -0.25) is 19.5 Å². The largest absolute Gasteiger partial charge is 0.497 e. The number of rotatable bonds is 10. The van der Waals surface area contributed by atoms with Crippen LogP contribution in [-0.2, 0) is 11.3 Å². The van der Waals surface area contributed by atoms with Crippen molar-refractivity contribution in [1.29, 1.82) is 0 Å². The van der Waals surface area contributed by atoms with Gasteiger partial charge in [-0.05, 0) is 25.0 Å². The topological polar surface area (TPSA) is 85.0 Å². The molecule has 1 aromatic heterocycles. The van der Waals surface area contributed by atoms with Crippen LogP contribution in [0.15, 0.2) is 35.1 Å². The van der Waals surface area contributed by atoms with Crippen LogP contribution in [0.1, 0.15) is 45.2 Å². The average molecular weight is 511 g/mol. The molecule has 202 valence electrons. The van der Waals surface area contributed by atoms with Crippen molar-refractivity contribution in [2.45, 2.75) is 46.1 Å². The molecule has 2 saturated heterocycles. The van der Waals surface area contributed by atoms with Crippen LogP contribution >= 0.6 is 0 Å². The van der Waals surface area contributed by atoms with Gasteiger partial charge in [0.1, 0.15) is 5.75 Å². The molecule has 0 aliphatic carbocycles. The average Bonchev–Trinajstić information content (AvgIpc) is 2.93. The highest BCUT2D eigenvalue weighted by Gasteiger charge is 2.27. The summed E-state index contributed by atoms with van der Waals surface area (Å²) in [5.74, 6) is 1.88. The summed E-state index contributed by atoms with van der Waals surface area (Å²) in [7, 11) is 1.69. The van der Waals surface area contributed by atoms with Crippen LogP contribution in [0.3, 0.4) is 0 Å². The number of ether oxygens (including phenoxy) is 1. The normalized spacial score (nSPS) is 17.6. The summed E-state index contributed by atoms with van der Waals surface area (Å²) in [4.78, 5) is 42.0. The van der Waals surface area contributed by atoms with E-state index in [1.54, 1.807) is 13.2 Å². The van der Waals surface area contributed by atoms with Crippen molar-refractivity contribution < 1.29 is 9.53 Å². The number of piperazine rings is 2. The summed E-state index contributed by atoms with van der Waals surface area (Å²) in [6, 6.07) is 9.78. The predicted molar refractivity (Wildman–Crippen MR) is 147 cm³/mol. The van der Waals surface area contributed by atoms with E-state index in [9.17, 15) is 9.59 Å². The summed E-state index contributed by atoms with van der Waals surface area (Å²) < 4.78 is 5.36. The molecule has 1 atom stereocenters. The quantitative estimate of drug-likeness (QED) is 0.526. The van der Waals surface area contributed by atoms with Crippen LogP contribution < -0.4 is 20.1 Å². The van der Waals surface area contributed by atoms with E-state index in [1.165, 1.54) is 5.69 Å². The number of aromatic nitrogens is 2. The molecule has 0 saturated carbocycles. The third-order valence-electron chi connectivity index (χ3n) is 7.60. The number of carbonyl (C=O) groups excluding carboxylic acids is 1. The van der Waals surface area contributed by atoms with Crippen molar-refractivity contribution in [1.82, 2.24) is 19.8 Å². The predicted octanol–water partition coefficient (Wildman–Crippen LogP) is 2.97. The molecular weight excluding hydrogens is 468 g/mol. The lowest BCUT2D eigenvalue weighted by atomic mass is 9.97. The van der Waals surface area contributed by atoms with E-state index >= 15 is 0 Å². The van der Waals surface area contributed by atoms with Gasteiger partial charge in [-0.25, -0.2) is 4.98 Å². The second-order valence-electron chi connectivity index (χ2n) is 10.1. The minimum atomic E-state index is -0.126. The molecule has 2 aromatic rings. The van der Waals surface area contributed by atoms with Gasteiger partial charge in [0.15, 0.2) is 0 Å². The smallest absolute Gasteiger partial charge is 0.252 e. The van der Waals surface area contributed by atoms with Crippen molar-refractivity contribution in [2.24, 2.45) is 5.92 Å². The Hall–Kier alpha value is -3.07. The first-order chi connectivity index (χ1) is 18.0. The third-order valence-corrected chi connectivity index (χ3v) is 7.60. The minimum Gasteiger partial charge on any atom is -0.497 e. The van der Waals surface area contributed by atoms with Gasteiger partial charge in [0.25, 0.3) is 5.56 Å². The Balaban J connectivity index is 1.31. The fraction of sp³-hybridized carbons (Fsp3) is 0.607. The van der Waals surface area contributed by atoms with Gasteiger partial charge in [-0.2, -0.15) is 0 Å². The Morgan fingerprint density at radius 2 is 1.76 bits per heavy atom. The Bertz CT molecular complexity index is 1070. The third kappa shape index (κ3) is 7.03. The Labute approximate surface area is 220 Å². The van der Waals surface area contributed by atoms with Crippen LogP contribution in [0.4, 0.5) is 11.6 Å². The summed E-state index contributed by atoms with van der Waals surface area (Å²) in [6.07, 6.45) is 4.07. The molecular formula is C28H42N6O3. The summed E-state index contributed by atoms with van der Waals surface area (Å²) in [5.41, 5.74) is 1.83. The minimum absolute atomic E-state index is 0.122. The number of nitrogens with one attached hydrogen (secondary N) is 1.